The number of hydrogen-bond donors (Lipinski definition) is 3. The Labute approximate surface area is 128 Å². The molecule has 0 bridgehead atoms. The highest BCUT2D eigenvalue weighted by atomic mass is 15.1. The van der Waals surface area contributed by atoms with Crippen LogP contribution in [0.15, 0.2) is 42.5 Å². The third-order valence-corrected chi connectivity index (χ3v) is 3.87. The van der Waals surface area contributed by atoms with Crippen molar-refractivity contribution in [3.8, 4) is 0 Å². The molecule has 0 aliphatic heterocycles. The van der Waals surface area contributed by atoms with E-state index in [1.165, 1.54) is 5.56 Å². The molecule has 0 aliphatic carbocycles. The van der Waals surface area contributed by atoms with Crippen LogP contribution in [0, 0.1) is 17.7 Å². The average molecular weight is 293 g/mol. The molecule has 2 heterocycles. The third kappa shape index (κ3) is 2.20. The van der Waals surface area contributed by atoms with Crippen molar-refractivity contribution in [2.75, 3.05) is 5.73 Å². The number of fused-ring (bicyclic) bond motifs is 1. The second kappa shape index (κ2) is 5.18. The summed E-state index contributed by atoms with van der Waals surface area (Å²) in [5, 5.41) is 16.0. The van der Waals surface area contributed by atoms with Gasteiger partial charge in [-0.1, -0.05) is 30.3 Å². The van der Waals surface area contributed by atoms with Crippen LogP contribution in [0.5, 0.6) is 0 Å². The molecule has 3 aromatic rings. The molecule has 3 rings (SSSR count). The molecule has 0 saturated heterocycles. The summed E-state index contributed by atoms with van der Waals surface area (Å²) >= 11 is 0. The van der Waals surface area contributed by atoms with Crippen molar-refractivity contribution in [1.29, 1.82) is 10.8 Å². The molecule has 22 heavy (non-hydrogen) atoms. The van der Waals surface area contributed by atoms with E-state index in [1.54, 1.807) is 11.5 Å². The Bertz CT molecular complexity index is 916. The molecule has 5 heteroatoms. The van der Waals surface area contributed by atoms with Crippen LogP contribution in [0.25, 0.3) is 11.0 Å². The zero-order valence-electron chi connectivity index (χ0n) is 12.7. The zero-order chi connectivity index (χ0) is 15.9. The number of anilines is 1. The minimum Gasteiger partial charge on any atom is -0.396 e. The topological polar surface area (TPSA) is 83.6 Å². The van der Waals surface area contributed by atoms with Crippen molar-refractivity contribution in [3.63, 3.8) is 0 Å². The van der Waals surface area contributed by atoms with Gasteiger partial charge in [0.25, 0.3) is 0 Å². The van der Waals surface area contributed by atoms with Gasteiger partial charge in [0.05, 0.1) is 16.7 Å². The van der Waals surface area contributed by atoms with Crippen LogP contribution in [0.1, 0.15) is 18.2 Å². The standard InChI is InChI=1S/C17H19N5/c1-11-8-16-15(9-14(19)17(20)22(16)12(2)18)21(11)10-13-6-4-3-5-7-13/h3-9,18,20H,10,19H2,1-2H3. The lowest BCUT2D eigenvalue weighted by atomic mass is 10.2. The predicted octanol–water partition coefficient (Wildman–Crippen LogP) is 2.71. The Hall–Kier alpha value is -2.82. The second-order valence-corrected chi connectivity index (χ2v) is 5.50. The fourth-order valence-electron chi connectivity index (χ4n) is 2.80. The van der Waals surface area contributed by atoms with Crippen LogP contribution in [0.3, 0.4) is 0 Å². The summed E-state index contributed by atoms with van der Waals surface area (Å²) in [6.07, 6.45) is 0. The van der Waals surface area contributed by atoms with Gasteiger partial charge in [-0.05, 0) is 31.5 Å². The van der Waals surface area contributed by atoms with Gasteiger partial charge in [0.1, 0.15) is 5.84 Å². The summed E-state index contributed by atoms with van der Waals surface area (Å²) in [5.74, 6) is 0.291. The molecule has 0 radical (unpaired) electrons. The largest absolute Gasteiger partial charge is 0.396 e. The molecule has 0 saturated carbocycles. The summed E-state index contributed by atoms with van der Waals surface area (Å²) in [7, 11) is 0. The van der Waals surface area contributed by atoms with Crippen molar-refractivity contribution in [2.24, 2.45) is 0 Å². The van der Waals surface area contributed by atoms with E-state index in [-0.39, 0.29) is 5.49 Å². The van der Waals surface area contributed by atoms with Gasteiger partial charge in [-0.15, -0.1) is 0 Å². The smallest absolute Gasteiger partial charge is 0.154 e. The van der Waals surface area contributed by atoms with Gasteiger partial charge in [0.15, 0.2) is 5.49 Å². The van der Waals surface area contributed by atoms with E-state index in [9.17, 15) is 0 Å². The van der Waals surface area contributed by atoms with Gasteiger partial charge in [-0.3, -0.25) is 15.4 Å². The Morgan fingerprint density at radius 3 is 2.45 bits per heavy atom. The summed E-state index contributed by atoms with van der Waals surface area (Å²) < 4.78 is 3.75. The molecule has 4 N–H and O–H groups in total. The van der Waals surface area contributed by atoms with Crippen LogP contribution in [0.4, 0.5) is 5.69 Å². The molecule has 0 amide bonds. The minimum atomic E-state index is 0.164. The molecule has 0 fully saturated rings. The van der Waals surface area contributed by atoms with Crippen LogP contribution in [-0.2, 0) is 6.54 Å². The number of pyridine rings is 1. The zero-order valence-corrected chi connectivity index (χ0v) is 12.7. The van der Waals surface area contributed by atoms with Gasteiger partial charge in [0.2, 0.25) is 0 Å². The van der Waals surface area contributed by atoms with E-state index in [1.807, 2.05) is 37.3 Å². The molecule has 1 aromatic carbocycles. The van der Waals surface area contributed by atoms with Gasteiger partial charge in [0, 0.05) is 12.2 Å². The lowest BCUT2D eigenvalue weighted by Crippen LogP contribution is -2.27. The maximum atomic E-state index is 8.10. The molecule has 0 aliphatic rings. The molecule has 0 unspecified atom stereocenters. The van der Waals surface area contributed by atoms with Crippen LogP contribution in [-0.4, -0.2) is 15.0 Å². The highest BCUT2D eigenvalue weighted by Crippen LogP contribution is 2.21. The number of nitrogens with zero attached hydrogens (tertiary/aromatic N) is 2. The van der Waals surface area contributed by atoms with Gasteiger partial charge < -0.3 is 10.3 Å². The SMILES string of the molecule is CC(=N)n1c(=N)c(N)cc2c1cc(C)n2Cc1ccccc1. The number of nitrogen functional groups attached to an aromatic ring is 1. The van der Waals surface area contributed by atoms with Crippen molar-refractivity contribution in [3.05, 3.63) is 59.2 Å². The number of nitrogens with one attached hydrogen (secondary N) is 2. The number of aryl methyl sites for hydroxylation is 1. The molecule has 112 valence electrons. The predicted molar refractivity (Wildman–Crippen MR) is 89.3 cm³/mol. The first-order valence-electron chi connectivity index (χ1n) is 7.14. The Balaban J connectivity index is 2.27. The van der Waals surface area contributed by atoms with E-state index in [0.29, 0.717) is 11.5 Å². The van der Waals surface area contributed by atoms with Crippen molar-refractivity contribution in [2.45, 2.75) is 20.4 Å². The maximum Gasteiger partial charge on any atom is 0.154 e. The first kappa shape index (κ1) is 14.1. The van der Waals surface area contributed by atoms with Crippen molar-refractivity contribution in [1.82, 2.24) is 9.13 Å². The lowest BCUT2D eigenvalue weighted by molar-refractivity contribution is 0.804. The van der Waals surface area contributed by atoms with E-state index in [0.717, 1.165) is 23.3 Å². The molecule has 0 atom stereocenters. The normalized spacial score (nSPS) is 11.0. The number of aromatic nitrogens is 2. The van der Waals surface area contributed by atoms with E-state index < -0.39 is 0 Å². The third-order valence-electron chi connectivity index (χ3n) is 3.87. The van der Waals surface area contributed by atoms with Crippen LogP contribution in [0.2, 0.25) is 0 Å². The molecular weight excluding hydrogens is 274 g/mol. The average Bonchev–Trinajstić information content (AvgIpc) is 2.77. The lowest BCUT2D eigenvalue weighted by Gasteiger charge is -2.12. The summed E-state index contributed by atoms with van der Waals surface area (Å²) in [6, 6.07) is 14.1. The Morgan fingerprint density at radius 1 is 1.14 bits per heavy atom. The first-order valence-corrected chi connectivity index (χ1v) is 7.14. The molecular formula is C17H19N5. The highest BCUT2D eigenvalue weighted by molar-refractivity contribution is 5.92. The molecule has 5 nitrogen and oxygen atoms in total. The van der Waals surface area contributed by atoms with Gasteiger partial charge in [-0.2, -0.15) is 0 Å². The molecule has 0 spiro atoms. The van der Waals surface area contributed by atoms with Gasteiger partial charge in [-0.25, -0.2) is 0 Å². The van der Waals surface area contributed by atoms with E-state index in [2.05, 4.69) is 16.7 Å². The Kier molecular flexibility index (Phi) is 3.33. The maximum absolute atomic E-state index is 8.10. The van der Waals surface area contributed by atoms with Gasteiger partial charge >= 0.3 is 0 Å². The highest BCUT2D eigenvalue weighted by Gasteiger charge is 2.13. The Morgan fingerprint density at radius 2 is 1.82 bits per heavy atom. The minimum absolute atomic E-state index is 0.164. The fraction of sp³-hybridized carbons (Fsp3) is 0.176. The van der Waals surface area contributed by atoms with E-state index >= 15 is 0 Å². The fourth-order valence-corrected chi connectivity index (χ4v) is 2.80. The summed E-state index contributed by atoms with van der Waals surface area (Å²) in [6.45, 7) is 4.44. The number of nitrogens with two attached hydrogens (primary N) is 1. The van der Waals surface area contributed by atoms with Crippen molar-refractivity contribution < 1.29 is 0 Å². The number of rotatable bonds is 2. The van der Waals surface area contributed by atoms with Crippen molar-refractivity contribution >= 4 is 22.6 Å². The number of hydrogen-bond acceptors (Lipinski definition) is 3. The van der Waals surface area contributed by atoms with E-state index in [4.69, 9.17) is 16.6 Å². The number of benzene rings is 1. The first-order chi connectivity index (χ1) is 10.5. The second-order valence-electron chi connectivity index (χ2n) is 5.50. The quantitative estimate of drug-likeness (QED) is 0.492. The molecule has 2 aromatic heterocycles. The summed E-state index contributed by atoms with van der Waals surface area (Å²) in [5.41, 5.74) is 10.6. The van der Waals surface area contributed by atoms with Crippen LogP contribution < -0.4 is 11.2 Å². The van der Waals surface area contributed by atoms with Crippen LogP contribution >= 0.6 is 0 Å². The summed E-state index contributed by atoms with van der Waals surface area (Å²) in [4.78, 5) is 0. The monoisotopic (exact) mass is 293 g/mol.